The van der Waals surface area contributed by atoms with E-state index in [1.54, 1.807) is 30.3 Å². The Morgan fingerprint density at radius 1 is 0.969 bits per heavy atom. The maximum atomic E-state index is 12.9. The van der Waals surface area contributed by atoms with Gasteiger partial charge in [0.15, 0.2) is 11.5 Å². The van der Waals surface area contributed by atoms with E-state index in [0.717, 1.165) is 5.56 Å². The normalized spacial score (nSPS) is 14.6. The summed E-state index contributed by atoms with van der Waals surface area (Å²) in [6.45, 7) is 0.357. The quantitative estimate of drug-likeness (QED) is 0.331. The number of nitrogens with one attached hydrogen (secondary N) is 1. The number of carbonyl (C=O) groups excluding carboxylic acids is 2. The van der Waals surface area contributed by atoms with E-state index >= 15 is 0 Å². The molecular formula is C24H18Br2N2O4. The van der Waals surface area contributed by atoms with E-state index in [9.17, 15) is 9.59 Å². The first-order valence-corrected chi connectivity index (χ1v) is 11.2. The van der Waals surface area contributed by atoms with Crippen molar-refractivity contribution in [3.05, 3.63) is 92.4 Å². The van der Waals surface area contributed by atoms with Gasteiger partial charge in [-0.05, 0) is 67.3 Å². The molecule has 1 N–H and O–H groups in total. The monoisotopic (exact) mass is 556 g/mol. The molecule has 0 aromatic heterocycles. The van der Waals surface area contributed by atoms with Gasteiger partial charge in [0.05, 0.1) is 17.3 Å². The number of anilines is 1. The van der Waals surface area contributed by atoms with Crippen LogP contribution in [0, 0.1) is 0 Å². The molecule has 3 aromatic carbocycles. The molecule has 2 amide bonds. The average Bonchev–Trinajstić information content (AvgIpc) is 3.10. The molecule has 0 spiro atoms. The summed E-state index contributed by atoms with van der Waals surface area (Å²) in [5.74, 6) is 0.0601. The third kappa shape index (κ3) is 4.42. The highest BCUT2D eigenvalue weighted by Crippen LogP contribution is 2.44. The lowest BCUT2D eigenvalue weighted by molar-refractivity contribution is -0.117. The van der Waals surface area contributed by atoms with Gasteiger partial charge in [-0.25, -0.2) is 5.01 Å². The molecule has 0 unspecified atom stereocenters. The molecular weight excluding hydrogens is 540 g/mol. The van der Waals surface area contributed by atoms with Gasteiger partial charge in [0.2, 0.25) is 0 Å². The largest absolute Gasteiger partial charge is 0.493 e. The zero-order valence-corrected chi connectivity index (χ0v) is 20.1. The van der Waals surface area contributed by atoms with Crippen LogP contribution < -0.4 is 19.9 Å². The highest BCUT2D eigenvalue weighted by atomic mass is 79.9. The Kier molecular flexibility index (Phi) is 6.62. The van der Waals surface area contributed by atoms with Crippen molar-refractivity contribution in [3.63, 3.8) is 0 Å². The molecule has 0 saturated carbocycles. The topological polar surface area (TPSA) is 67.9 Å². The molecule has 3 aromatic rings. The van der Waals surface area contributed by atoms with Crippen molar-refractivity contribution in [3.8, 4) is 11.5 Å². The van der Waals surface area contributed by atoms with E-state index in [-0.39, 0.29) is 5.57 Å². The fourth-order valence-electron chi connectivity index (χ4n) is 3.20. The van der Waals surface area contributed by atoms with Crippen molar-refractivity contribution in [1.82, 2.24) is 5.43 Å². The van der Waals surface area contributed by atoms with Crippen LogP contribution in [0.2, 0.25) is 0 Å². The summed E-state index contributed by atoms with van der Waals surface area (Å²) < 4.78 is 12.8. The number of nitrogens with zero attached hydrogens (tertiary/aromatic N) is 1. The minimum Gasteiger partial charge on any atom is -0.493 e. The average molecular weight is 558 g/mol. The minimum atomic E-state index is -0.481. The van der Waals surface area contributed by atoms with Gasteiger partial charge in [0, 0.05) is 4.47 Å². The van der Waals surface area contributed by atoms with E-state index in [2.05, 4.69) is 37.3 Å². The predicted octanol–water partition coefficient (Wildman–Crippen LogP) is 5.26. The van der Waals surface area contributed by atoms with Crippen molar-refractivity contribution < 1.29 is 19.1 Å². The van der Waals surface area contributed by atoms with E-state index < -0.39 is 11.8 Å². The Morgan fingerprint density at radius 2 is 1.62 bits per heavy atom. The molecule has 8 heteroatoms. The number of methoxy groups -OCH3 is 1. The van der Waals surface area contributed by atoms with Crippen LogP contribution in [0.3, 0.4) is 0 Å². The van der Waals surface area contributed by atoms with Gasteiger partial charge in [-0.1, -0.05) is 48.5 Å². The molecule has 0 atom stereocenters. The smallest absolute Gasteiger partial charge is 0.282 e. The number of carbonyl (C=O) groups is 2. The summed E-state index contributed by atoms with van der Waals surface area (Å²) in [6, 6.07) is 20.4. The number of amides is 2. The van der Waals surface area contributed by atoms with E-state index in [1.165, 1.54) is 18.2 Å². The zero-order valence-electron chi connectivity index (χ0n) is 17.0. The first kappa shape index (κ1) is 22.1. The van der Waals surface area contributed by atoms with E-state index in [0.29, 0.717) is 38.3 Å². The molecule has 0 aliphatic carbocycles. The van der Waals surface area contributed by atoms with Crippen LogP contribution in [-0.4, -0.2) is 18.9 Å². The third-order valence-electron chi connectivity index (χ3n) is 4.81. The first-order valence-electron chi connectivity index (χ1n) is 9.64. The number of halogens is 2. The highest BCUT2D eigenvalue weighted by Gasteiger charge is 2.34. The Bertz CT molecular complexity index is 1200. The van der Waals surface area contributed by atoms with E-state index in [1.807, 2.05) is 36.4 Å². The number of rotatable bonds is 6. The van der Waals surface area contributed by atoms with Crippen molar-refractivity contribution in [2.75, 3.05) is 12.1 Å². The van der Waals surface area contributed by atoms with Gasteiger partial charge in [0.1, 0.15) is 12.2 Å². The minimum absolute atomic E-state index is 0.0152. The maximum Gasteiger partial charge on any atom is 0.282 e. The van der Waals surface area contributed by atoms with Crippen LogP contribution in [0.15, 0.2) is 81.2 Å². The fraction of sp³-hybridized carbons (Fsp3) is 0.0833. The van der Waals surface area contributed by atoms with Crippen LogP contribution in [0.4, 0.5) is 5.69 Å². The number of ether oxygens (including phenoxy) is 2. The van der Waals surface area contributed by atoms with Gasteiger partial charge < -0.3 is 9.47 Å². The molecule has 1 saturated heterocycles. The summed E-state index contributed by atoms with van der Waals surface area (Å²) in [6.07, 6.45) is 1.53. The number of hydrogen-bond acceptors (Lipinski definition) is 4. The van der Waals surface area contributed by atoms with Gasteiger partial charge in [0.25, 0.3) is 11.8 Å². The highest BCUT2D eigenvalue weighted by molar-refractivity contribution is 9.13. The molecule has 0 bridgehead atoms. The second kappa shape index (κ2) is 9.58. The predicted molar refractivity (Wildman–Crippen MR) is 129 cm³/mol. The second-order valence-electron chi connectivity index (χ2n) is 6.87. The lowest BCUT2D eigenvalue weighted by Gasteiger charge is -2.16. The van der Waals surface area contributed by atoms with Crippen LogP contribution in [0.1, 0.15) is 11.1 Å². The van der Waals surface area contributed by atoms with Crippen molar-refractivity contribution in [2.45, 2.75) is 6.61 Å². The third-order valence-corrected chi connectivity index (χ3v) is 6.95. The van der Waals surface area contributed by atoms with Gasteiger partial charge in [-0.3, -0.25) is 15.0 Å². The van der Waals surface area contributed by atoms with Gasteiger partial charge in [-0.2, -0.15) is 0 Å². The molecule has 1 heterocycles. The molecule has 162 valence electrons. The number of hydrazine groups is 1. The fourth-order valence-corrected chi connectivity index (χ4v) is 4.15. The van der Waals surface area contributed by atoms with Gasteiger partial charge in [-0.15, -0.1) is 0 Å². The number of para-hydroxylation sites is 1. The van der Waals surface area contributed by atoms with E-state index in [4.69, 9.17) is 9.47 Å². The van der Waals surface area contributed by atoms with Crippen LogP contribution in [0.25, 0.3) is 6.08 Å². The Labute approximate surface area is 202 Å². The number of hydrogen-bond donors (Lipinski definition) is 1. The molecule has 1 fully saturated rings. The molecule has 4 rings (SSSR count). The molecule has 0 radical (unpaired) electrons. The lowest BCUT2D eigenvalue weighted by Crippen LogP contribution is -2.35. The number of benzene rings is 3. The summed E-state index contributed by atoms with van der Waals surface area (Å²) in [7, 11) is 1.53. The molecule has 1 aliphatic heterocycles. The standard InChI is InChI=1S/C24H18Br2N2O4/c1-31-19-13-16(20(25)21(26)22(19)32-14-15-8-4-2-5-9-15)12-18-23(29)27-28(24(18)30)17-10-6-3-7-11-17/h2-13H,14H2,1H3,(H,27,29)/b18-12-. The summed E-state index contributed by atoms with van der Waals surface area (Å²) in [4.78, 5) is 25.4. The SMILES string of the molecule is COc1cc(/C=C2/C(=O)NN(c3ccccc3)C2=O)c(Br)c(Br)c1OCc1ccccc1. The molecule has 32 heavy (non-hydrogen) atoms. The second-order valence-corrected chi connectivity index (χ2v) is 8.46. The summed E-state index contributed by atoms with van der Waals surface area (Å²) in [5, 5.41) is 1.23. The maximum absolute atomic E-state index is 12.9. The van der Waals surface area contributed by atoms with Crippen molar-refractivity contribution in [1.29, 1.82) is 0 Å². The Morgan fingerprint density at radius 3 is 2.28 bits per heavy atom. The molecule has 6 nitrogen and oxygen atoms in total. The Hall–Kier alpha value is -3.10. The van der Waals surface area contributed by atoms with Gasteiger partial charge >= 0.3 is 0 Å². The zero-order chi connectivity index (χ0) is 22.7. The van der Waals surface area contributed by atoms with Crippen LogP contribution in [0.5, 0.6) is 11.5 Å². The van der Waals surface area contributed by atoms with Crippen molar-refractivity contribution >= 4 is 55.4 Å². The summed E-state index contributed by atoms with van der Waals surface area (Å²) >= 11 is 7.09. The Balaban J connectivity index is 1.65. The lowest BCUT2D eigenvalue weighted by atomic mass is 10.1. The first-order chi connectivity index (χ1) is 15.5. The van der Waals surface area contributed by atoms with Crippen molar-refractivity contribution in [2.24, 2.45) is 0 Å². The van der Waals surface area contributed by atoms with Crippen LogP contribution >= 0.6 is 31.9 Å². The molecule has 1 aliphatic rings. The van der Waals surface area contributed by atoms with Crippen LogP contribution in [-0.2, 0) is 16.2 Å². The summed E-state index contributed by atoms with van der Waals surface area (Å²) in [5.41, 5.74) is 4.80.